The Labute approximate surface area is 148 Å². The smallest absolute Gasteiger partial charge is 0.268 e. The number of fused-ring (bicyclic) bond motifs is 3. The van der Waals surface area contributed by atoms with E-state index in [4.69, 9.17) is 0 Å². The molecule has 1 amide bonds. The molecule has 3 unspecified atom stereocenters. The van der Waals surface area contributed by atoms with Crippen LogP contribution in [0.5, 0.6) is 0 Å². The fourth-order valence-electron chi connectivity index (χ4n) is 4.69. The molecule has 3 atom stereocenters. The Bertz CT molecular complexity index is 865. The summed E-state index contributed by atoms with van der Waals surface area (Å²) in [6.07, 6.45) is 2.90. The minimum Gasteiger partial charge on any atom is -0.354 e. The number of H-pyrrole nitrogens is 1. The summed E-state index contributed by atoms with van der Waals surface area (Å²) in [6.45, 7) is 5.40. The SMILES string of the molecule is CCc1c(C(=O)NC2C3CCc4ccccc4C32)[nH]c(C)c1C(C)=O. The Morgan fingerprint density at radius 2 is 2.04 bits per heavy atom. The second kappa shape index (κ2) is 5.87. The Hall–Kier alpha value is -2.36. The standard InChI is InChI=1S/C21H24N2O2/c1-4-14-17(12(3)24)11(2)22-20(14)21(25)23-19-16-10-9-13-7-5-6-8-15(13)18(16)19/h5-8,16,18-19,22H,4,9-10H2,1-3H3,(H,23,25). The van der Waals surface area contributed by atoms with Gasteiger partial charge in [-0.05, 0) is 55.7 Å². The van der Waals surface area contributed by atoms with E-state index in [9.17, 15) is 9.59 Å². The van der Waals surface area contributed by atoms with E-state index in [1.807, 2.05) is 13.8 Å². The van der Waals surface area contributed by atoms with Gasteiger partial charge in [0.05, 0.1) is 0 Å². The number of benzene rings is 1. The van der Waals surface area contributed by atoms with Gasteiger partial charge in [0.15, 0.2) is 5.78 Å². The number of carbonyl (C=O) groups is 2. The molecule has 2 N–H and O–H groups in total. The van der Waals surface area contributed by atoms with Gasteiger partial charge in [-0.1, -0.05) is 31.2 Å². The molecular formula is C21H24N2O2. The summed E-state index contributed by atoms with van der Waals surface area (Å²) in [7, 11) is 0. The van der Waals surface area contributed by atoms with Crippen molar-refractivity contribution in [1.29, 1.82) is 0 Å². The average Bonchev–Trinajstić information content (AvgIpc) is 3.18. The van der Waals surface area contributed by atoms with Gasteiger partial charge in [-0.15, -0.1) is 0 Å². The van der Waals surface area contributed by atoms with Gasteiger partial charge >= 0.3 is 0 Å². The van der Waals surface area contributed by atoms with E-state index in [0.29, 0.717) is 29.5 Å². The topological polar surface area (TPSA) is 62.0 Å². The van der Waals surface area contributed by atoms with E-state index in [0.717, 1.165) is 24.1 Å². The summed E-state index contributed by atoms with van der Waals surface area (Å²) in [6, 6.07) is 8.79. The highest BCUT2D eigenvalue weighted by Crippen LogP contribution is 2.54. The number of aromatic amines is 1. The first-order valence-corrected chi connectivity index (χ1v) is 9.14. The molecule has 2 aliphatic carbocycles. The molecule has 1 aromatic carbocycles. The lowest BCUT2D eigenvalue weighted by Gasteiger charge is -2.13. The van der Waals surface area contributed by atoms with Crippen LogP contribution in [0.3, 0.4) is 0 Å². The predicted octanol–water partition coefficient (Wildman–Crippen LogP) is 3.55. The summed E-state index contributed by atoms with van der Waals surface area (Å²) in [4.78, 5) is 27.9. The quantitative estimate of drug-likeness (QED) is 0.839. The number of ketones is 1. The van der Waals surface area contributed by atoms with Crippen molar-refractivity contribution < 1.29 is 9.59 Å². The number of amides is 1. The molecule has 0 spiro atoms. The Morgan fingerprint density at radius 3 is 2.76 bits per heavy atom. The van der Waals surface area contributed by atoms with Gasteiger partial charge in [-0.25, -0.2) is 0 Å². The molecule has 2 aliphatic rings. The van der Waals surface area contributed by atoms with Gasteiger partial charge in [-0.2, -0.15) is 0 Å². The molecule has 0 aliphatic heterocycles. The number of hydrogen-bond donors (Lipinski definition) is 2. The van der Waals surface area contributed by atoms with Crippen LogP contribution in [-0.4, -0.2) is 22.7 Å². The van der Waals surface area contributed by atoms with Gasteiger partial charge < -0.3 is 10.3 Å². The normalized spacial score (nSPS) is 23.6. The van der Waals surface area contributed by atoms with Crippen LogP contribution in [0.4, 0.5) is 0 Å². The number of aromatic nitrogens is 1. The maximum atomic E-state index is 12.9. The summed E-state index contributed by atoms with van der Waals surface area (Å²) in [5.41, 5.74) is 5.67. The van der Waals surface area contributed by atoms with Gasteiger partial charge in [0, 0.05) is 23.2 Å². The van der Waals surface area contributed by atoms with Gasteiger partial charge in [-0.3, -0.25) is 9.59 Å². The Kier molecular flexibility index (Phi) is 3.78. The molecule has 4 nitrogen and oxygen atoms in total. The summed E-state index contributed by atoms with van der Waals surface area (Å²) < 4.78 is 0. The zero-order chi connectivity index (χ0) is 17.7. The van der Waals surface area contributed by atoms with Crippen molar-refractivity contribution >= 4 is 11.7 Å². The van der Waals surface area contributed by atoms with Crippen LogP contribution in [-0.2, 0) is 12.8 Å². The second-order valence-electron chi connectivity index (χ2n) is 7.31. The minimum absolute atomic E-state index is 0.0127. The zero-order valence-electron chi connectivity index (χ0n) is 15.0. The van der Waals surface area contributed by atoms with Gasteiger partial charge in [0.25, 0.3) is 5.91 Å². The monoisotopic (exact) mass is 336 g/mol. The predicted molar refractivity (Wildman–Crippen MR) is 97.2 cm³/mol. The van der Waals surface area contributed by atoms with Crippen molar-refractivity contribution in [3.63, 3.8) is 0 Å². The van der Waals surface area contributed by atoms with E-state index >= 15 is 0 Å². The number of hydrogen-bond acceptors (Lipinski definition) is 2. The van der Waals surface area contributed by atoms with Crippen molar-refractivity contribution in [1.82, 2.24) is 10.3 Å². The molecule has 1 aromatic heterocycles. The number of carbonyl (C=O) groups excluding carboxylic acids is 2. The molecule has 4 heteroatoms. The van der Waals surface area contributed by atoms with E-state index in [2.05, 4.69) is 34.6 Å². The van der Waals surface area contributed by atoms with Gasteiger partial charge in [0.2, 0.25) is 0 Å². The third-order valence-electron chi connectivity index (χ3n) is 5.85. The third-order valence-corrected chi connectivity index (χ3v) is 5.85. The Balaban J connectivity index is 1.57. The third kappa shape index (κ3) is 2.51. The zero-order valence-corrected chi connectivity index (χ0v) is 15.0. The summed E-state index contributed by atoms with van der Waals surface area (Å²) in [5.74, 6) is 0.928. The highest BCUT2D eigenvalue weighted by Gasteiger charge is 2.54. The molecule has 0 saturated heterocycles. The van der Waals surface area contributed by atoms with E-state index in [1.165, 1.54) is 11.1 Å². The molecule has 1 heterocycles. The summed E-state index contributed by atoms with van der Waals surface area (Å²) >= 11 is 0. The first-order chi connectivity index (χ1) is 12.0. The van der Waals surface area contributed by atoms with Crippen molar-refractivity contribution in [2.45, 2.75) is 52.0 Å². The van der Waals surface area contributed by atoms with E-state index in [1.54, 1.807) is 6.92 Å². The van der Waals surface area contributed by atoms with Gasteiger partial charge in [0.1, 0.15) is 5.69 Å². The van der Waals surface area contributed by atoms with Crippen LogP contribution in [0.15, 0.2) is 24.3 Å². The maximum Gasteiger partial charge on any atom is 0.268 e. The fourth-order valence-corrected chi connectivity index (χ4v) is 4.69. The molecule has 1 saturated carbocycles. The van der Waals surface area contributed by atoms with Crippen molar-refractivity contribution in [3.8, 4) is 0 Å². The largest absolute Gasteiger partial charge is 0.354 e. The molecule has 2 aromatic rings. The molecule has 0 bridgehead atoms. The molecular weight excluding hydrogens is 312 g/mol. The van der Waals surface area contributed by atoms with Crippen LogP contribution in [0.2, 0.25) is 0 Å². The van der Waals surface area contributed by atoms with E-state index in [-0.39, 0.29) is 17.7 Å². The van der Waals surface area contributed by atoms with Crippen molar-refractivity contribution in [2.24, 2.45) is 5.92 Å². The lowest BCUT2D eigenvalue weighted by molar-refractivity contribution is 0.0942. The maximum absolute atomic E-state index is 12.9. The fraction of sp³-hybridized carbons (Fsp3) is 0.429. The highest BCUT2D eigenvalue weighted by atomic mass is 16.2. The lowest BCUT2D eigenvalue weighted by Crippen LogP contribution is -2.28. The number of nitrogens with one attached hydrogen (secondary N) is 2. The molecule has 130 valence electrons. The molecule has 0 radical (unpaired) electrons. The minimum atomic E-state index is -0.0793. The lowest BCUT2D eigenvalue weighted by atomic mass is 9.92. The Morgan fingerprint density at radius 1 is 1.28 bits per heavy atom. The summed E-state index contributed by atoms with van der Waals surface area (Å²) in [5, 5.41) is 3.23. The van der Waals surface area contributed by atoms with Crippen LogP contribution < -0.4 is 5.32 Å². The van der Waals surface area contributed by atoms with E-state index < -0.39 is 0 Å². The molecule has 25 heavy (non-hydrogen) atoms. The van der Waals surface area contributed by atoms with Crippen LogP contribution in [0.25, 0.3) is 0 Å². The first kappa shape index (κ1) is 16.1. The van der Waals surface area contributed by atoms with Crippen LogP contribution in [0.1, 0.15) is 69.4 Å². The number of aryl methyl sites for hydroxylation is 2. The second-order valence-corrected chi connectivity index (χ2v) is 7.31. The van der Waals surface area contributed by atoms with Crippen LogP contribution >= 0.6 is 0 Å². The molecule has 1 fully saturated rings. The molecule has 4 rings (SSSR count). The van der Waals surface area contributed by atoms with Crippen molar-refractivity contribution in [2.75, 3.05) is 0 Å². The van der Waals surface area contributed by atoms with Crippen molar-refractivity contribution in [3.05, 3.63) is 57.9 Å². The first-order valence-electron chi connectivity index (χ1n) is 9.14. The number of rotatable bonds is 4. The van der Waals surface area contributed by atoms with Crippen LogP contribution in [0, 0.1) is 12.8 Å². The average molecular weight is 336 g/mol. The number of Topliss-reactive ketones (excluding diaryl/α,β-unsaturated/α-hetero) is 1. The highest BCUT2D eigenvalue weighted by molar-refractivity contribution is 6.02.